The lowest BCUT2D eigenvalue weighted by Crippen LogP contribution is -2.09. The summed E-state index contributed by atoms with van der Waals surface area (Å²) in [6.45, 7) is 0.497. The second kappa shape index (κ2) is 5.43. The molecule has 4 heteroatoms. The number of aromatic carboxylic acids is 1. The van der Waals surface area contributed by atoms with Crippen LogP contribution in [0.25, 0.3) is 10.9 Å². The van der Waals surface area contributed by atoms with Gasteiger partial charge >= 0.3 is 5.97 Å². The molecule has 0 fully saturated rings. The molecule has 0 saturated carbocycles. The molecule has 0 radical (unpaired) electrons. The van der Waals surface area contributed by atoms with Crippen molar-refractivity contribution >= 4 is 28.5 Å². The maximum atomic E-state index is 11.5. The van der Waals surface area contributed by atoms with E-state index in [0.29, 0.717) is 17.1 Å². The van der Waals surface area contributed by atoms with Crippen molar-refractivity contribution < 1.29 is 9.90 Å². The first-order chi connectivity index (χ1) is 11.2. The number of fused-ring (bicyclic) bond motifs is 3. The molecule has 1 N–H and O–H groups in total. The van der Waals surface area contributed by atoms with Crippen LogP contribution in [0.15, 0.2) is 42.5 Å². The largest absolute Gasteiger partial charge is 0.478 e. The second-order valence-corrected chi connectivity index (χ2v) is 6.36. The highest BCUT2D eigenvalue weighted by atomic mass is 35.5. The van der Waals surface area contributed by atoms with Gasteiger partial charge in [0.1, 0.15) is 0 Å². The third kappa shape index (κ3) is 2.23. The van der Waals surface area contributed by atoms with Crippen LogP contribution < -0.4 is 0 Å². The summed E-state index contributed by atoms with van der Waals surface area (Å²) in [5.74, 6) is -0.935. The minimum atomic E-state index is -0.935. The number of carbonyl (C=O) groups is 1. The first-order valence-electron chi connectivity index (χ1n) is 7.76. The fraction of sp³-hybridized carbons (Fsp3) is 0.211. The van der Waals surface area contributed by atoms with Gasteiger partial charge in [-0.2, -0.15) is 0 Å². The molecule has 0 bridgehead atoms. The van der Waals surface area contributed by atoms with Crippen LogP contribution in [-0.2, 0) is 19.4 Å². The van der Waals surface area contributed by atoms with E-state index in [1.54, 1.807) is 18.2 Å². The molecular formula is C19H16ClNO2. The Balaban J connectivity index is 1.91. The summed E-state index contributed by atoms with van der Waals surface area (Å²) in [6, 6.07) is 13.4. The molecular weight excluding hydrogens is 310 g/mol. The Morgan fingerprint density at radius 1 is 1.13 bits per heavy atom. The molecule has 3 nitrogen and oxygen atoms in total. The molecule has 2 aromatic carbocycles. The van der Waals surface area contributed by atoms with Crippen LogP contribution in [-0.4, -0.2) is 15.6 Å². The molecule has 116 valence electrons. The Kier molecular flexibility index (Phi) is 3.38. The Morgan fingerprint density at radius 3 is 2.78 bits per heavy atom. The van der Waals surface area contributed by atoms with Crippen molar-refractivity contribution in [3.05, 3.63) is 69.9 Å². The summed E-state index contributed by atoms with van der Waals surface area (Å²) < 4.78 is 2.24. The van der Waals surface area contributed by atoms with E-state index in [2.05, 4.69) is 22.8 Å². The number of rotatable bonds is 3. The third-order valence-electron chi connectivity index (χ3n) is 4.70. The predicted octanol–water partition coefficient (Wildman–Crippen LogP) is 4.53. The molecule has 0 spiro atoms. The van der Waals surface area contributed by atoms with E-state index >= 15 is 0 Å². The fourth-order valence-corrected chi connectivity index (χ4v) is 3.92. The number of aromatic nitrogens is 1. The summed E-state index contributed by atoms with van der Waals surface area (Å²) >= 11 is 6.32. The molecule has 3 aromatic rings. The number of benzene rings is 2. The number of carboxylic acids is 1. The minimum Gasteiger partial charge on any atom is -0.478 e. The van der Waals surface area contributed by atoms with E-state index in [0.717, 1.165) is 24.8 Å². The summed E-state index contributed by atoms with van der Waals surface area (Å²) in [5, 5.41) is 11.2. The smallest absolute Gasteiger partial charge is 0.336 e. The number of nitrogens with zero attached hydrogens (tertiary/aromatic N) is 1. The molecule has 1 aromatic heterocycles. The molecule has 23 heavy (non-hydrogen) atoms. The van der Waals surface area contributed by atoms with Gasteiger partial charge in [0.2, 0.25) is 0 Å². The number of hydrogen-bond donors (Lipinski definition) is 1. The Bertz CT molecular complexity index is 927. The average molecular weight is 326 g/mol. The lowest BCUT2D eigenvalue weighted by Gasteiger charge is -2.13. The highest BCUT2D eigenvalue weighted by Gasteiger charge is 2.23. The van der Waals surface area contributed by atoms with Gasteiger partial charge in [-0.1, -0.05) is 35.9 Å². The van der Waals surface area contributed by atoms with Crippen LogP contribution in [0.5, 0.6) is 0 Å². The fourth-order valence-electron chi connectivity index (χ4n) is 3.68. The van der Waals surface area contributed by atoms with Crippen LogP contribution in [0.4, 0.5) is 0 Å². The predicted molar refractivity (Wildman–Crippen MR) is 91.5 cm³/mol. The van der Waals surface area contributed by atoms with Crippen molar-refractivity contribution in [2.75, 3.05) is 0 Å². The Hall–Kier alpha value is -2.26. The van der Waals surface area contributed by atoms with E-state index < -0.39 is 5.97 Å². The monoisotopic (exact) mass is 325 g/mol. The van der Waals surface area contributed by atoms with Crippen molar-refractivity contribution in [1.82, 2.24) is 4.57 Å². The van der Waals surface area contributed by atoms with E-state index in [4.69, 9.17) is 11.6 Å². The van der Waals surface area contributed by atoms with Crippen molar-refractivity contribution in [3.63, 3.8) is 0 Å². The maximum Gasteiger partial charge on any atom is 0.336 e. The zero-order valence-corrected chi connectivity index (χ0v) is 13.3. The lowest BCUT2D eigenvalue weighted by atomic mass is 10.1. The molecule has 0 unspecified atom stereocenters. The zero-order chi connectivity index (χ0) is 16.0. The molecule has 0 amide bonds. The normalized spacial score (nSPS) is 13.4. The second-order valence-electron chi connectivity index (χ2n) is 5.95. The van der Waals surface area contributed by atoms with E-state index in [1.807, 2.05) is 6.07 Å². The summed E-state index contributed by atoms with van der Waals surface area (Å²) in [5.41, 5.74) is 4.85. The number of aryl methyl sites for hydroxylation is 1. The van der Waals surface area contributed by atoms with Crippen molar-refractivity contribution in [2.24, 2.45) is 0 Å². The van der Waals surface area contributed by atoms with Gasteiger partial charge in [-0.15, -0.1) is 0 Å². The molecule has 0 saturated heterocycles. The van der Waals surface area contributed by atoms with Crippen LogP contribution in [0.1, 0.15) is 33.6 Å². The summed E-state index contributed by atoms with van der Waals surface area (Å²) in [7, 11) is 0. The third-order valence-corrected chi connectivity index (χ3v) is 5.05. The van der Waals surface area contributed by atoms with Crippen molar-refractivity contribution in [2.45, 2.75) is 25.8 Å². The van der Waals surface area contributed by atoms with Gasteiger partial charge in [0, 0.05) is 27.2 Å². The van der Waals surface area contributed by atoms with Crippen molar-refractivity contribution in [1.29, 1.82) is 0 Å². The van der Waals surface area contributed by atoms with Gasteiger partial charge in [0.25, 0.3) is 0 Å². The summed E-state index contributed by atoms with van der Waals surface area (Å²) in [4.78, 5) is 11.5. The lowest BCUT2D eigenvalue weighted by molar-refractivity contribution is 0.0695. The van der Waals surface area contributed by atoms with Gasteiger partial charge in [-0.05, 0) is 43.0 Å². The minimum absolute atomic E-state index is 0.280. The van der Waals surface area contributed by atoms with Gasteiger partial charge in [0.15, 0.2) is 0 Å². The first-order valence-corrected chi connectivity index (χ1v) is 8.14. The first kappa shape index (κ1) is 14.3. The standard InChI is InChI=1S/C19H16ClNO2/c20-16-8-3-7-14(19(22)23)15(16)11-21-17-9-2-1-5-12(17)13-6-4-10-18(13)21/h1-3,5,7-9H,4,6,10-11H2,(H,22,23). The highest BCUT2D eigenvalue weighted by molar-refractivity contribution is 6.31. The van der Waals surface area contributed by atoms with Gasteiger partial charge in [-0.3, -0.25) is 0 Å². The van der Waals surface area contributed by atoms with E-state index in [1.165, 1.54) is 16.6 Å². The molecule has 4 rings (SSSR count). The average Bonchev–Trinajstić information content (AvgIpc) is 3.12. The molecule has 1 aliphatic carbocycles. The number of carboxylic acid groups (broad SMARTS) is 1. The van der Waals surface area contributed by atoms with E-state index in [-0.39, 0.29) is 5.56 Å². The van der Waals surface area contributed by atoms with Crippen LogP contribution in [0.3, 0.4) is 0 Å². The molecule has 1 aliphatic rings. The quantitative estimate of drug-likeness (QED) is 0.768. The van der Waals surface area contributed by atoms with Gasteiger partial charge in [-0.25, -0.2) is 4.79 Å². The topological polar surface area (TPSA) is 42.2 Å². The molecule has 1 heterocycles. The summed E-state index contributed by atoms with van der Waals surface area (Å²) in [6.07, 6.45) is 3.29. The molecule has 0 aliphatic heterocycles. The Labute approximate surface area is 139 Å². The van der Waals surface area contributed by atoms with E-state index in [9.17, 15) is 9.90 Å². The SMILES string of the molecule is O=C(O)c1cccc(Cl)c1Cn1c2c(c3ccccc31)CCC2. The maximum absolute atomic E-state index is 11.5. The number of hydrogen-bond acceptors (Lipinski definition) is 1. The van der Waals surface area contributed by atoms with Crippen LogP contribution in [0.2, 0.25) is 5.02 Å². The highest BCUT2D eigenvalue weighted by Crippen LogP contribution is 2.34. The number of para-hydroxylation sites is 1. The Morgan fingerprint density at radius 2 is 1.96 bits per heavy atom. The van der Waals surface area contributed by atoms with Crippen molar-refractivity contribution in [3.8, 4) is 0 Å². The number of halogens is 1. The molecule has 0 atom stereocenters. The zero-order valence-electron chi connectivity index (χ0n) is 12.6. The van der Waals surface area contributed by atoms with Crippen LogP contribution >= 0.6 is 11.6 Å². The van der Waals surface area contributed by atoms with Crippen LogP contribution in [0, 0.1) is 0 Å². The van der Waals surface area contributed by atoms with Gasteiger partial charge in [0.05, 0.1) is 12.1 Å². The van der Waals surface area contributed by atoms with Gasteiger partial charge < -0.3 is 9.67 Å².